The summed E-state index contributed by atoms with van der Waals surface area (Å²) in [5.41, 5.74) is 4.04. The van der Waals surface area contributed by atoms with E-state index in [1.807, 2.05) is 60.9 Å². The number of H-pyrrole nitrogens is 1. The number of para-hydroxylation sites is 3. The normalized spacial score (nSPS) is 12.6. The maximum absolute atomic E-state index is 12.5. The van der Waals surface area contributed by atoms with Gasteiger partial charge in [0.1, 0.15) is 12.4 Å². The van der Waals surface area contributed by atoms with E-state index in [2.05, 4.69) is 27.4 Å². The largest absolute Gasteiger partial charge is 0.345 e. The molecule has 2 heterocycles. The first-order valence-corrected chi connectivity index (χ1v) is 8.41. The number of carbonyl (C=O) groups excluding carboxylic acids is 1. The molecular weight excluding hydrogens is 312 g/mol. The molecule has 1 atom stereocenters. The molecule has 25 heavy (non-hydrogen) atoms. The Morgan fingerprint density at radius 2 is 1.96 bits per heavy atom. The van der Waals surface area contributed by atoms with Crippen molar-refractivity contribution in [2.24, 2.45) is 0 Å². The van der Waals surface area contributed by atoms with E-state index < -0.39 is 0 Å². The number of fused-ring (bicyclic) bond motifs is 2. The number of imidazole rings is 1. The lowest BCUT2D eigenvalue weighted by molar-refractivity contribution is -0.122. The fourth-order valence-corrected chi connectivity index (χ4v) is 3.23. The molecule has 4 aromatic rings. The van der Waals surface area contributed by atoms with Gasteiger partial charge in [-0.2, -0.15) is 0 Å². The number of rotatable bonds is 4. The fraction of sp³-hybridized carbons (Fsp3) is 0.200. The van der Waals surface area contributed by atoms with Gasteiger partial charge in [-0.05, 0) is 43.5 Å². The van der Waals surface area contributed by atoms with Gasteiger partial charge in [0, 0.05) is 11.2 Å². The summed E-state index contributed by atoms with van der Waals surface area (Å²) >= 11 is 0. The highest BCUT2D eigenvalue weighted by Crippen LogP contribution is 2.19. The number of aromatic amines is 1. The van der Waals surface area contributed by atoms with Crippen LogP contribution in [0.5, 0.6) is 0 Å². The van der Waals surface area contributed by atoms with Crippen LogP contribution in [0.2, 0.25) is 0 Å². The molecule has 126 valence electrons. The summed E-state index contributed by atoms with van der Waals surface area (Å²) in [6.45, 7) is 4.26. The average Bonchev–Trinajstić information content (AvgIpc) is 3.16. The quantitative estimate of drug-likeness (QED) is 0.598. The van der Waals surface area contributed by atoms with Crippen LogP contribution in [-0.4, -0.2) is 20.4 Å². The van der Waals surface area contributed by atoms with Crippen molar-refractivity contribution >= 4 is 27.8 Å². The average molecular weight is 332 g/mol. The number of nitrogens with one attached hydrogen (secondary N) is 2. The molecule has 2 N–H and O–H groups in total. The number of amides is 1. The molecule has 0 saturated carbocycles. The van der Waals surface area contributed by atoms with E-state index in [0.29, 0.717) is 6.54 Å². The molecule has 1 amide bonds. The van der Waals surface area contributed by atoms with E-state index in [1.165, 1.54) is 0 Å². The molecule has 0 fully saturated rings. The molecular formula is C20H20N4O. The van der Waals surface area contributed by atoms with E-state index in [4.69, 9.17) is 0 Å². The lowest BCUT2D eigenvalue weighted by Crippen LogP contribution is -2.30. The number of hydrogen-bond acceptors (Lipinski definition) is 2. The van der Waals surface area contributed by atoms with Crippen LogP contribution in [0.15, 0.2) is 54.6 Å². The highest BCUT2D eigenvalue weighted by Gasteiger charge is 2.15. The molecule has 5 nitrogen and oxygen atoms in total. The van der Waals surface area contributed by atoms with Gasteiger partial charge in [0.2, 0.25) is 5.91 Å². The van der Waals surface area contributed by atoms with Gasteiger partial charge in [0.15, 0.2) is 0 Å². The number of benzene rings is 2. The molecule has 2 aromatic carbocycles. The Labute approximate surface area is 145 Å². The summed E-state index contributed by atoms with van der Waals surface area (Å²) in [5, 5.41) is 4.18. The fourth-order valence-electron chi connectivity index (χ4n) is 3.23. The van der Waals surface area contributed by atoms with Crippen molar-refractivity contribution in [1.82, 2.24) is 19.9 Å². The minimum absolute atomic E-state index is 0.0302. The van der Waals surface area contributed by atoms with Gasteiger partial charge in [0.25, 0.3) is 0 Å². The Morgan fingerprint density at radius 3 is 2.80 bits per heavy atom. The second kappa shape index (κ2) is 6.09. The van der Waals surface area contributed by atoms with Crippen molar-refractivity contribution in [3.05, 3.63) is 66.1 Å². The Balaban J connectivity index is 1.52. The Kier molecular flexibility index (Phi) is 3.76. The second-order valence-electron chi connectivity index (χ2n) is 6.36. The van der Waals surface area contributed by atoms with Gasteiger partial charge in [-0.1, -0.05) is 30.3 Å². The third kappa shape index (κ3) is 2.89. The highest BCUT2D eigenvalue weighted by atomic mass is 16.2. The monoisotopic (exact) mass is 332 g/mol. The number of hydrogen-bond donors (Lipinski definition) is 2. The predicted molar refractivity (Wildman–Crippen MR) is 99.3 cm³/mol. The van der Waals surface area contributed by atoms with E-state index >= 15 is 0 Å². The van der Waals surface area contributed by atoms with Crippen molar-refractivity contribution in [3.8, 4) is 0 Å². The second-order valence-corrected chi connectivity index (χ2v) is 6.36. The van der Waals surface area contributed by atoms with E-state index in [1.54, 1.807) is 0 Å². The summed E-state index contributed by atoms with van der Waals surface area (Å²) in [5.74, 6) is 0.737. The first kappa shape index (κ1) is 15.4. The number of aryl methyl sites for hydroxylation is 1. The van der Waals surface area contributed by atoms with Gasteiger partial charge in [0.05, 0.1) is 17.1 Å². The zero-order valence-corrected chi connectivity index (χ0v) is 14.3. The molecule has 0 spiro atoms. The molecule has 0 aliphatic heterocycles. The van der Waals surface area contributed by atoms with Gasteiger partial charge in [-0.3, -0.25) is 4.79 Å². The first-order valence-electron chi connectivity index (χ1n) is 8.41. The van der Waals surface area contributed by atoms with Crippen molar-refractivity contribution in [3.63, 3.8) is 0 Å². The summed E-state index contributed by atoms with van der Waals surface area (Å²) in [6.07, 6.45) is 0. The molecule has 0 aliphatic rings. The number of carbonyl (C=O) groups is 1. The van der Waals surface area contributed by atoms with Crippen molar-refractivity contribution in [2.45, 2.75) is 26.4 Å². The van der Waals surface area contributed by atoms with Gasteiger partial charge >= 0.3 is 0 Å². The Hall–Kier alpha value is -3.08. The Bertz CT molecular complexity index is 1030. The molecule has 5 heteroatoms. The number of nitrogens with zero attached hydrogens (tertiary/aromatic N) is 2. The lowest BCUT2D eigenvalue weighted by atomic mass is 10.2. The molecule has 0 aliphatic carbocycles. The van der Waals surface area contributed by atoms with Crippen LogP contribution in [0.4, 0.5) is 0 Å². The predicted octanol–water partition coefficient (Wildman–Crippen LogP) is 3.70. The van der Waals surface area contributed by atoms with Crippen LogP contribution in [0.1, 0.15) is 24.5 Å². The topological polar surface area (TPSA) is 62.7 Å². The molecule has 0 bridgehead atoms. The zero-order chi connectivity index (χ0) is 17.4. The molecule has 0 saturated heterocycles. The summed E-state index contributed by atoms with van der Waals surface area (Å²) < 4.78 is 2.04. The van der Waals surface area contributed by atoms with Crippen LogP contribution >= 0.6 is 0 Å². The minimum Gasteiger partial charge on any atom is -0.345 e. The first-order chi connectivity index (χ1) is 12.1. The van der Waals surface area contributed by atoms with Crippen molar-refractivity contribution in [2.75, 3.05) is 0 Å². The maximum atomic E-state index is 12.5. The van der Waals surface area contributed by atoms with Crippen LogP contribution in [0.3, 0.4) is 0 Å². The van der Waals surface area contributed by atoms with Crippen LogP contribution in [0.25, 0.3) is 21.9 Å². The SMILES string of the molecule is Cc1cc2ccccc2n1CC(=O)N[C@H](C)c1nc2ccccc2[nH]1. The molecule has 2 aromatic heterocycles. The van der Waals surface area contributed by atoms with Crippen LogP contribution in [0, 0.1) is 6.92 Å². The van der Waals surface area contributed by atoms with E-state index in [9.17, 15) is 4.79 Å². The minimum atomic E-state index is -0.179. The third-order valence-corrected chi connectivity index (χ3v) is 4.51. The molecule has 0 radical (unpaired) electrons. The molecule has 4 rings (SSSR count). The Morgan fingerprint density at radius 1 is 1.20 bits per heavy atom. The van der Waals surface area contributed by atoms with Gasteiger partial charge < -0.3 is 14.9 Å². The molecule has 0 unspecified atom stereocenters. The van der Waals surface area contributed by atoms with E-state index in [0.717, 1.165) is 33.5 Å². The summed E-state index contributed by atoms with van der Waals surface area (Å²) in [4.78, 5) is 20.4. The summed E-state index contributed by atoms with van der Waals surface area (Å²) in [6, 6.07) is 17.9. The van der Waals surface area contributed by atoms with E-state index in [-0.39, 0.29) is 11.9 Å². The van der Waals surface area contributed by atoms with Crippen LogP contribution in [-0.2, 0) is 11.3 Å². The number of aromatic nitrogens is 3. The maximum Gasteiger partial charge on any atom is 0.240 e. The third-order valence-electron chi connectivity index (χ3n) is 4.51. The highest BCUT2D eigenvalue weighted by molar-refractivity contribution is 5.84. The smallest absolute Gasteiger partial charge is 0.240 e. The summed E-state index contributed by atoms with van der Waals surface area (Å²) in [7, 11) is 0. The van der Waals surface area contributed by atoms with Gasteiger partial charge in [-0.15, -0.1) is 0 Å². The van der Waals surface area contributed by atoms with Crippen molar-refractivity contribution < 1.29 is 4.79 Å². The van der Waals surface area contributed by atoms with Crippen molar-refractivity contribution in [1.29, 1.82) is 0 Å². The standard InChI is InChI=1S/C20H20N4O/c1-13-11-15-7-3-6-10-18(15)24(13)12-19(25)21-14(2)20-22-16-8-4-5-9-17(16)23-20/h3-11,14H,12H2,1-2H3,(H,21,25)(H,22,23)/t14-/m1/s1. The van der Waals surface area contributed by atoms with Gasteiger partial charge in [-0.25, -0.2) is 4.98 Å². The lowest BCUT2D eigenvalue weighted by Gasteiger charge is -2.13. The zero-order valence-electron chi connectivity index (χ0n) is 14.3. The van der Waals surface area contributed by atoms with Crippen LogP contribution < -0.4 is 5.32 Å².